The second kappa shape index (κ2) is 28.4. The van der Waals surface area contributed by atoms with Gasteiger partial charge in [0.15, 0.2) is 0 Å². The van der Waals surface area contributed by atoms with Crippen molar-refractivity contribution in [3.63, 3.8) is 0 Å². The number of carboxylic acids is 1. The van der Waals surface area contributed by atoms with Crippen LogP contribution in [0.25, 0.3) is 0 Å². The van der Waals surface area contributed by atoms with Crippen molar-refractivity contribution in [2.45, 2.75) is 6.61 Å². The van der Waals surface area contributed by atoms with Crippen LogP contribution in [0.4, 0.5) is 0 Å². The van der Waals surface area contributed by atoms with E-state index in [1.54, 1.807) is 14.2 Å². The molecule has 1 rings (SSSR count). The molecule has 0 amide bonds. The van der Waals surface area contributed by atoms with Crippen LogP contribution in [0.15, 0.2) is 30.3 Å². The maximum atomic E-state index is 11.4. The van der Waals surface area contributed by atoms with Crippen molar-refractivity contribution < 1.29 is 57.3 Å². The van der Waals surface area contributed by atoms with E-state index in [1.807, 2.05) is 30.3 Å². The highest BCUT2D eigenvalue weighted by Crippen LogP contribution is 2.00. The second-order valence-corrected chi connectivity index (χ2v) is 7.08. The van der Waals surface area contributed by atoms with Gasteiger partial charge in [-0.15, -0.1) is 0 Å². The number of rotatable bonds is 24. The third-order valence-corrected chi connectivity index (χ3v) is 4.04. The smallest absolute Gasteiger partial charge is 0.332 e. The molecule has 0 spiro atoms. The summed E-state index contributed by atoms with van der Waals surface area (Å²) in [6.45, 7) is 5.57. The molecular formula is C25H42O12. The summed E-state index contributed by atoms with van der Waals surface area (Å²) in [4.78, 5) is 21.5. The Balaban J connectivity index is 0.000000757. The summed E-state index contributed by atoms with van der Waals surface area (Å²) in [5.74, 6) is -1.36. The zero-order valence-electron chi connectivity index (χ0n) is 21.9. The topological polar surface area (TPSA) is 137 Å². The minimum atomic E-state index is -0.974. The van der Waals surface area contributed by atoms with Gasteiger partial charge in [0.2, 0.25) is 0 Å². The number of methoxy groups -OCH3 is 2. The molecule has 0 aliphatic heterocycles. The Hall–Kier alpha value is -2.16. The Morgan fingerprint density at radius 2 is 1.00 bits per heavy atom. The van der Waals surface area contributed by atoms with Crippen molar-refractivity contribution in [2.75, 3.05) is 107 Å². The van der Waals surface area contributed by atoms with Crippen LogP contribution in [0.5, 0.6) is 0 Å². The van der Waals surface area contributed by atoms with Crippen LogP contribution < -0.4 is 0 Å². The lowest BCUT2D eigenvalue weighted by molar-refractivity contribution is -0.150. The van der Waals surface area contributed by atoms with Crippen molar-refractivity contribution in [3.05, 3.63) is 35.9 Å². The molecule has 0 aliphatic carbocycles. The van der Waals surface area contributed by atoms with Gasteiger partial charge >= 0.3 is 11.9 Å². The fraction of sp³-hybridized carbons (Fsp3) is 0.680. The van der Waals surface area contributed by atoms with Gasteiger partial charge in [-0.1, -0.05) is 30.3 Å². The summed E-state index contributed by atoms with van der Waals surface area (Å²) in [5.41, 5.74) is 0.952. The Morgan fingerprint density at radius 1 is 0.595 bits per heavy atom. The number of benzene rings is 1. The molecule has 0 unspecified atom stereocenters. The van der Waals surface area contributed by atoms with E-state index in [0.717, 1.165) is 5.56 Å². The molecule has 1 aromatic rings. The number of ether oxygens (including phenoxy) is 9. The molecular weight excluding hydrogens is 492 g/mol. The Morgan fingerprint density at radius 3 is 1.43 bits per heavy atom. The molecule has 37 heavy (non-hydrogen) atoms. The third kappa shape index (κ3) is 28.3. The van der Waals surface area contributed by atoms with Crippen molar-refractivity contribution in [2.24, 2.45) is 0 Å². The Labute approximate surface area is 219 Å². The SMILES string of the molecule is COCCOCCOCCOCC(=O)O.COCCOCCOCCOCC(=O)OCc1ccccc1. The van der Waals surface area contributed by atoms with Gasteiger partial charge in [-0.3, -0.25) is 0 Å². The first-order chi connectivity index (χ1) is 18.1. The first-order valence-electron chi connectivity index (χ1n) is 12.0. The second-order valence-electron chi connectivity index (χ2n) is 7.08. The lowest BCUT2D eigenvalue weighted by Crippen LogP contribution is -2.16. The molecule has 0 fully saturated rings. The summed E-state index contributed by atoms with van der Waals surface area (Å²) >= 11 is 0. The van der Waals surface area contributed by atoms with Crippen LogP contribution in [0.1, 0.15) is 5.56 Å². The molecule has 0 radical (unpaired) electrons. The number of carboxylic acid groups (broad SMARTS) is 1. The lowest BCUT2D eigenvalue weighted by atomic mass is 10.2. The minimum Gasteiger partial charge on any atom is -0.480 e. The fourth-order valence-corrected chi connectivity index (χ4v) is 2.26. The van der Waals surface area contributed by atoms with Gasteiger partial charge in [-0.25, -0.2) is 9.59 Å². The van der Waals surface area contributed by atoms with E-state index in [4.69, 9.17) is 47.7 Å². The highest BCUT2D eigenvalue weighted by Gasteiger charge is 2.03. The van der Waals surface area contributed by atoms with Crippen LogP contribution in [0.3, 0.4) is 0 Å². The van der Waals surface area contributed by atoms with Crippen LogP contribution in [-0.4, -0.2) is 124 Å². The predicted octanol–water partition coefficient (Wildman–Crippen LogP) is 1.19. The molecule has 214 valence electrons. The van der Waals surface area contributed by atoms with E-state index in [2.05, 4.69) is 0 Å². The monoisotopic (exact) mass is 534 g/mol. The summed E-state index contributed by atoms with van der Waals surface area (Å²) in [5, 5.41) is 8.24. The van der Waals surface area contributed by atoms with E-state index in [-0.39, 0.29) is 32.4 Å². The maximum Gasteiger partial charge on any atom is 0.332 e. The molecule has 0 heterocycles. The third-order valence-electron chi connectivity index (χ3n) is 4.04. The molecule has 12 heteroatoms. The normalized spacial score (nSPS) is 10.5. The van der Waals surface area contributed by atoms with Crippen molar-refractivity contribution in [1.82, 2.24) is 0 Å². The number of carbonyl (C=O) groups excluding carboxylic acids is 1. The molecule has 0 aliphatic rings. The Bertz CT molecular complexity index is 629. The molecule has 1 aromatic carbocycles. The molecule has 1 N–H and O–H groups in total. The molecule has 12 nitrogen and oxygen atoms in total. The largest absolute Gasteiger partial charge is 0.480 e. The number of esters is 1. The number of carbonyl (C=O) groups is 2. The fourth-order valence-electron chi connectivity index (χ4n) is 2.26. The van der Waals surface area contributed by atoms with Crippen LogP contribution in [0.2, 0.25) is 0 Å². The molecule has 0 saturated heterocycles. The van der Waals surface area contributed by atoms with Crippen LogP contribution in [0, 0.1) is 0 Å². The van der Waals surface area contributed by atoms with Crippen molar-refractivity contribution in [3.8, 4) is 0 Å². The van der Waals surface area contributed by atoms with Gasteiger partial charge in [0.25, 0.3) is 0 Å². The highest BCUT2D eigenvalue weighted by atomic mass is 16.6. The Kier molecular flexibility index (Phi) is 26.8. The van der Waals surface area contributed by atoms with Crippen molar-refractivity contribution >= 4 is 11.9 Å². The van der Waals surface area contributed by atoms with Gasteiger partial charge in [0.05, 0.1) is 79.3 Å². The molecule has 0 atom stereocenters. The van der Waals surface area contributed by atoms with Gasteiger partial charge < -0.3 is 47.7 Å². The summed E-state index contributed by atoms with van der Waals surface area (Å²) < 4.78 is 45.4. The van der Waals surface area contributed by atoms with Gasteiger partial charge in [-0.05, 0) is 5.56 Å². The summed E-state index contributed by atoms with van der Waals surface area (Å²) in [6, 6.07) is 9.51. The van der Waals surface area contributed by atoms with E-state index >= 15 is 0 Å². The number of hydrogen-bond donors (Lipinski definition) is 1. The first kappa shape index (κ1) is 34.8. The van der Waals surface area contributed by atoms with Crippen LogP contribution >= 0.6 is 0 Å². The molecule has 0 bridgehead atoms. The zero-order valence-corrected chi connectivity index (χ0v) is 21.9. The maximum absolute atomic E-state index is 11.4. The van der Waals surface area contributed by atoms with Gasteiger partial charge in [0, 0.05) is 14.2 Å². The number of hydrogen-bond acceptors (Lipinski definition) is 11. The molecule has 0 aromatic heterocycles. The summed E-state index contributed by atoms with van der Waals surface area (Å²) in [6.07, 6.45) is 0. The zero-order chi connectivity index (χ0) is 27.2. The average molecular weight is 535 g/mol. The first-order valence-corrected chi connectivity index (χ1v) is 12.0. The van der Waals surface area contributed by atoms with Crippen LogP contribution in [-0.2, 0) is 58.8 Å². The number of aliphatic carboxylic acids is 1. The minimum absolute atomic E-state index is 0.0689. The van der Waals surface area contributed by atoms with Gasteiger partial charge in [0.1, 0.15) is 19.8 Å². The predicted molar refractivity (Wildman–Crippen MR) is 133 cm³/mol. The van der Waals surface area contributed by atoms with E-state index in [9.17, 15) is 9.59 Å². The lowest BCUT2D eigenvalue weighted by Gasteiger charge is -2.07. The average Bonchev–Trinajstić information content (AvgIpc) is 2.90. The van der Waals surface area contributed by atoms with E-state index < -0.39 is 5.97 Å². The highest BCUT2D eigenvalue weighted by molar-refractivity contribution is 5.70. The van der Waals surface area contributed by atoms with E-state index in [1.165, 1.54) is 0 Å². The quantitative estimate of drug-likeness (QED) is 0.151. The standard InChI is InChI=1S/C16H24O6.C9H18O6/c1-18-7-8-19-9-10-20-11-12-21-14-16(17)22-13-15-5-3-2-4-6-15;1-12-2-3-13-4-5-14-6-7-15-8-9(10)11/h2-6H,7-14H2,1H3;2-8H2,1H3,(H,10,11). The van der Waals surface area contributed by atoms with Crippen molar-refractivity contribution in [1.29, 1.82) is 0 Å². The van der Waals surface area contributed by atoms with E-state index in [0.29, 0.717) is 72.7 Å². The van der Waals surface area contributed by atoms with Gasteiger partial charge in [-0.2, -0.15) is 0 Å². The summed E-state index contributed by atoms with van der Waals surface area (Å²) in [7, 11) is 3.24. The molecule has 0 saturated carbocycles.